The molecule has 0 fully saturated rings. The van der Waals surface area contributed by atoms with Gasteiger partial charge in [0.1, 0.15) is 6.61 Å². The first-order valence-electron chi connectivity index (χ1n) is 9.78. The smallest absolute Gasteiger partial charge is 0.363 e. The molecule has 0 atom stereocenters. The molecule has 0 spiro atoms. The van der Waals surface area contributed by atoms with Gasteiger partial charge < -0.3 is 14.2 Å². The van der Waals surface area contributed by atoms with Gasteiger partial charge in [0.15, 0.2) is 17.2 Å². The van der Waals surface area contributed by atoms with E-state index in [1.165, 1.54) is 7.11 Å². The van der Waals surface area contributed by atoms with Gasteiger partial charge in [0, 0.05) is 0 Å². The Bertz CT molecular complexity index is 1250. The van der Waals surface area contributed by atoms with Crippen LogP contribution in [-0.4, -0.2) is 19.0 Å². The number of carbonyl (C=O) groups excluding carboxylic acids is 1. The normalized spacial score (nSPS) is 14.3. The molecule has 162 valence electrons. The van der Waals surface area contributed by atoms with E-state index in [-0.39, 0.29) is 11.6 Å². The summed E-state index contributed by atoms with van der Waals surface area (Å²) >= 11 is 12.7. The molecule has 0 aromatic heterocycles. The highest BCUT2D eigenvalue weighted by atomic mass is 35.5. The summed E-state index contributed by atoms with van der Waals surface area (Å²) in [7, 11) is 1.53. The number of rotatable bonds is 6. The predicted octanol–water partition coefficient (Wildman–Crippen LogP) is 6.23. The Morgan fingerprint density at radius 1 is 1.03 bits per heavy atom. The number of cyclic esters (lactones) is 1. The first-order valence-corrected chi connectivity index (χ1v) is 10.5. The molecule has 0 saturated heterocycles. The van der Waals surface area contributed by atoms with E-state index in [4.69, 9.17) is 37.4 Å². The molecule has 5 nitrogen and oxygen atoms in total. The van der Waals surface area contributed by atoms with Crippen molar-refractivity contribution in [1.29, 1.82) is 0 Å². The molecular weight excluding hydrogens is 449 g/mol. The molecule has 7 heteroatoms. The fourth-order valence-electron chi connectivity index (χ4n) is 3.20. The second kappa shape index (κ2) is 9.47. The maximum absolute atomic E-state index is 12.3. The lowest BCUT2D eigenvalue weighted by Crippen LogP contribution is -2.05. The van der Waals surface area contributed by atoms with E-state index in [1.807, 2.05) is 31.2 Å². The lowest BCUT2D eigenvalue weighted by Gasteiger charge is -2.14. The molecule has 3 aromatic rings. The molecule has 0 radical (unpaired) electrons. The van der Waals surface area contributed by atoms with Crippen LogP contribution in [0, 0.1) is 6.92 Å². The molecule has 0 unspecified atom stereocenters. The Hall–Kier alpha value is -3.28. The van der Waals surface area contributed by atoms with Gasteiger partial charge in [-0.25, -0.2) is 9.79 Å². The molecular formula is C25H19Cl2NO4. The fraction of sp³-hybridized carbons (Fsp3) is 0.120. The highest BCUT2D eigenvalue weighted by molar-refractivity contribution is 6.34. The van der Waals surface area contributed by atoms with E-state index >= 15 is 0 Å². The molecule has 1 aliphatic heterocycles. The molecule has 4 rings (SSSR count). The number of ether oxygens (including phenoxy) is 3. The molecule has 0 bridgehead atoms. The first kappa shape index (κ1) is 21.9. The van der Waals surface area contributed by atoms with Crippen LogP contribution in [0.15, 0.2) is 71.4 Å². The van der Waals surface area contributed by atoms with Gasteiger partial charge in [-0.15, -0.1) is 0 Å². The number of carbonyl (C=O) groups is 1. The molecule has 0 aliphatic carbocycles. The summed E-state index contributed by atoms with van der Waals surface area (Å²) in [5, 5.41) is 0.798. The van der Waals surface area contributed by atoms with E-state index in [1.54, 1.807) is 42.5 Å². The van der Waals surface area contributed by atoms with Crippen molar-refractivity contribution in [3.05, 3.63) is 98.7 Å². The molecule has 1 aliphatic rings. The molecule has 32 heavy (non-hydrogen) atoms. The Balaban J connectivity index is 1.61. The minimum atomic E-state index is -0.574. The number of nitrogens with zero attached hydrogens (tertiary/aromatic N) is 1. The Labute approximate surface area is 195 Å². The van der Waals surface area contributed by atoms with E-state index in [0.29, 0.717) is 39.3 Å². The van der Waals surface area contributed by atoms with Crippen molar-refractivity contribution >= 4 is 41.1 Å². The fourth-order valence-corrected chi connectivity index (χ4v) is 3.69. The topological polar surface area (TPSA) is 57.1 Å². The third-order valence-electron chi connectivity index (χ3n) is 4.91. The predicted molar refractivity (Wildman–Crippen MR) is 126 cm³/mol. The summed E-state index contributed by atoms with van der Waals surface area (Å²) in [5.41, 5.74) is 3.46. The number of hydrogen-bond donors (Lipinski definition) is 0. The maximum atomic E-state index is 12.3. The third kappa shape index (κ3) is 4.64. The number of hydrogen-bond acceptors (Lipinski definition) is 5. The van der Waals surface area contributed by atoms with Gasteiger partial charge in [-0.05, 0) is 54.0 Å². The van der Waals surface area contributed by atoms with Gasteiger partial charge >= 0.3 is 5.97 Å². The van der Waals surface area contributed by atoms with Crippen LogP contribution in [0.2, 0.25) is 10.0 Å². The van der Waals surface area contributed by atoms with E-state index in [9.17, 15) is 4.79 Å². The maximum Gasteiger partial charge on any atom is 0.363 e. The summed E-state index contributed by atoms with van der Waals surface area (Å²) in [6, 6.07) is 18.4. The van der Waals surface area contributed by atoms with Crippen LogP contribution >= 0.6 is 23.2 Å². The Morgan fingerprint density at radius 2 is 1.78 bits per heavy atom. The molecule has 0 N–H and O–H groups in total. The van der Waals surface area contributed by atoms with Crippen LogP contribution in [0.25, 0.3) is 6.08 Å². The largest absolute Gasteiger partial charge is 0.493 e. The summed E-state index contributed by atoms with van der Waals surface area (Å²) in [4.78, 5) is 16.6. The summed E-state index contributed by atoms with van der Waals surface area (Å²) in [5.74, 6) is 0.450. The number of aliphatic imine (C=N–C) groups is 1. The molecule has 0 amide bonds. The quantitative estimate of drug-likeness (QED) is 0.318. The van der Waals surface area contributed by atoms with Crippen LogP contribution in [0.4, 0.5) is 0 Å². The van der Waals surface area contributed by atoms with Gasteiger partial charge in [0.2, 0.25) is 5.90 Å². The summed E-state index contributed by atoms with van der Waals surface area (Å²) in [6.07, 6.45) is 1.58. The first-order chi connectivity index (χ1) is 15.5. The zero-order valence-corrected chi connectivity index (χ0v) is 18.9. The molecule has 0 saturated carbocycles. The van der Waals surface area contributed by atoms with Crippen LogP contribution in [0.5, 0.6) is 11.5 Å². The summed E-state index contributed by atoms with van der Waals surface area (Å²) < 4.78 is 16.7. The van der Waals surface area contributed by atoms with Crippen LogP contribution in [0.1, 0.15) is 22.3 Å². The van der Waals surface area contributed by atoms with Crippen LogP contribution in [-0.2, 0) is 16.1 Å². The molecule has 1 heterocycles. The number of esters is 1. The minimum Gasteiger partial charge on any atom is -0.493 e. The Morgan fingerprint density at radius 3 is 2.53 bits per heavy atom. The van der Waals surface area contributed by atoms with E-state index in [2.05, 4.69) is 4.99 Å². The second-order valence-electron chi connectivity index (χ2n) is 7.07. The van der Waals surface area contributed by atoms with Crippen molar-refractivity contribution in [2.24, 2.45) is 4.99 Å². The number of methoxy groups -OCH3 is 1. The third-order valence-corrected chi connectivity index (χ3v) is 5.52. The van der Waals surface area contributed by atoms with Crippen molar-refractivity contribution in [3.8, 4) is 11.5 Å². The highest BCUT2D eigenvalue weighted by Crippen LogP contribution is 2.38. The monoisotopic (exact) mass is 467 g/mol. The van der Waals surface area contributed by atoms with Crippen molar-refractivity contribution in [2.45, 2.75) is 13.5 Å². The van der Waals surface area contributed by atoms with Crippen LogP contribution in [0.3, 0.4) is 0 Å². The average Bonchev–Trinajstić information content (AvgIpc) is 3.14. The average molecular weight is 468 g/mol. The molecule has 3 aromatic carbocycles. The zero-order chi connectivity index (χ0) is 22.7. The second-order valence-corrected chi connectivity index (χ2v) is 7.88. The van der Waals surface area contributed by atoms with Crippen LogP contribution < -0.4 is 9.47 Å². The zero-order valence-electron chi connectivity index (χ0n) is 17.4. The van der Waals surface area contributed by atoms with Gasteiger partial charge in [-0.2, -0.15) is 0 Å². The van der Waals surface area contributed by atoms with E-state index < -0.39 is 5.97 Å². The van der Waals surface area contributed by atoms with Crippen molar-refractivity contribution in [3.63, 3.8) is 0 Å². The van der Waals surface area contributed by atoms with Gasteiger partial charge in [-0.1, -0.05) is 59.6 Å². The number of benzene rings is 3. The number of aryl methyl sites for hydroxylation is 1. The Kier molecular flexibility index (Phi) is 6.49. The highest BCUT2D eigenvalue weighted by Gasteiger charge is 2.25. The van der Waals surface area contributed by atoms with Gasteiger partial charge in [0.25, 0.3) is 0 Å². The van der Waals surface area contributed by atoms with Gasteiger partial charge in [-0.3, -0.25) is 0 Å². The minimum absolute atomic E-state index is 0.131. The lowest BCUT2D eigenvalue weighted by molar-refractivity contribution is -0.129. The van der Waals surface area contributed by atoms with E-state index in [0.717, 1.165) is 11.1 Å². The number of halogens is 2. The SMILES string of the molecule is COc1cc(/C=C2\N=C(c3ccccc3Cl)OC2=O)cc(Cl)c1OCc1ccccc1C. The van der Waals surface area contributed by atoms with Gasteiger partial charge in [0.05, 0.1) is 22.7 Å². The standard InChI is InChI=1S/C25H19Cl2NO4/c1-15-7-3-4-8-17(15)14-31-23-20(27)11-16(13-22(23)30-2)12-21-25(29)32-24(28-21)18-9-5-6-10-19(18)26/h3-13H,14H2,1-2H3/b21-12-. The van der Waals surface area contributed by atoms with Crippen molar-refractivity contribution in [1.82, 2.24) is 0 Å². The summed E-state index contributed by atoms with van der Waals surface area (Å²) in [6.45, 7) is 2.37. The van der Waals surface area contributed by atoms with Crippen molar-refractivity contribution in [2.75, 3.05) is 7.11 Å². The lowest BCUT2D eigenvalue weighted by atomic mass is 10.1. The van der Waals surface area contributed by atoms with Crippen molar-refractivity contribution < 1.29 is 19.0 Å².